The molecule has 0 heterocycles. The van der Waals surface area contributed by atoms with Crippen molar-refractivity contribution < 1.29 is 17.9 Å². The maximum absolute atomic E-state index is 12.4. The van der Waals surface area contributed by atoms with Gasteiger partial charge in [-0.3, -0.25) is 4.79 Å². The molecule has 0 fully saturated rings. The maximum atomic E-state index is 12.4. The highest BCUT2D eigenvalue weighted by molar-refractivity contribution is 9.10. The average molecular weight is 413 g/mol. The van der Waals surface area contributed by atoms with Gasteiger partial charge in [0.1, 0.15) is 5.75 Å². The molecule has 6 nitrogen and oxygen atoms in total. The molecule has 0 radical (unpaired) electrons. The molecule has 0 unspecified atom stereocenters. The Morgan fingerprint density at radius 2 is 1.83 bits per heavy atom. The summed E-state index contributed by atoms with van der Waals surface area (Å²) in [5.41, 5.74) is 0.803. The largest absolute Gasteiger partial charge is 0.494 e. The number of nitrogens with one attached hydrogen (secondary N) is 2. The molecule has 2 N–H and O–H groups in total. The van der Waals surface area contributed by atoms with Gasteiger partial charge in [0, 0.05) is 10.2 Å². The fourth-order valence-corrected chi connectivity index (χ4v) is 3.15. The van der Waals surface area contributed by atoms with Gasteiger partial charge in [-0.05, 0) is 72.4 Å². The van der Waals surface area contributed by atoms with Crippen LogP contribution in [0.3, 0.4) is 0 Å². The van der Waals surface area contributed by atoms with E-state index in [0.717, 1.165) is 0 Å². The van der Waals surface area contributed by atoms with Gasteiger partial charge in [-0.25, -0.2) is 13.1 Å². The summed E-state index contributed by atoms with van der Waals surface area (Å²) in [4.78, 5) is 12.4. The number of carbonyl (C=O) groups excluding carboxylic acids is 1. The number of sulfonamides is 1. The Labute approximate surface area is 149 Å². The predicted octanol–water partition coefficient (Wildman–Crippen LogP) is 3.01. The summed E-state index contributed by atoms with van der Waals surface area (Å²) in [6, 6.07) is 11.2. The van der Waals surface area contributed by atoms with Gasteiger partial charge in [0.25, 0.3) is 5.91 Å². The third-order valence-corrected chi connectivity index (χ3v) is 5.29. The molecule has 24 heavy (non-hydrogen) atoms. The Kier molecular flexibility index (Phi) is 5.98. The van der Waals surface area contributed by atoms with Crippen LogP contribution < -0.4 is 14.8 Å². The van der Waals surface area contributed by atoms with E-state index in [-0.39, 0.29) is 10.5 Å². The van der Waals surface area contributed by atoms with Crippen molar-refractivity contribution in [3.8, 4) is 5.75 Å². The van der Waals surface area contributed by atoms with Crippen LogP contribution in [0.1, 0.15) is 17.3 Å². The van der Waals surface area contributed by atoms with Crippen molar-refractivity contribution >= 4 is 37.5 Å². The Morgan fingerprint density at radius 3 is 2.42 bits per heavy atom. The van der Waals surface area contributed by atoms with E-state index in [1.807, 2.05) is 6.92 Å². The van der Waals surface area contributed by atoms with Gasteiger partial charge in [-0.2, -0.15) is 0 Å². The zero-order valence-corrected chi connectivity index (χ0v) is 15.6. The summed E-state index contributed by atoms with van der Waals surface area (Å²) < 4.78 is 31.8. The fourth-order valence-electron chi connectivity index (χ4n) is 1.96. The van der Waals surface area contributed by atoms with Gasteiger partial charge in [0.15, 0.2) is 0 Å². The second-order valence-corrected chi connectivity index (χ2v) is 7.50. The van der Waals surface area contributed by atoms with Crippen LogP contribution in [0.4, 0.5) is 5.69 Å². The van der Waals surface area contributed by atoms with Crippen LogP contribution in [0.25, 0.3) is 0 Å². The Morgan fingerprint density at radius 1 is 1.17 bits per heavy atom. The minimum Gasteiger partial charge on any atom is -0.494 e. The molecule has 0 aliphatic carbocycles. The first-order valence-corrected chi connectivity index (χ1v) is 9.42. The first-order chi connectivity index (χ1) is 11.4. The molecule has 8 heteroatoms. The van der Waals surface area contributed by atoms with E-state index in [4.69, 9.17) is 4.74 Å². The number of hydrogen-bond acceptors (Lipinski definition) is 4. The van der Waals surface area contributed by atoms with Crippen LogP contribution in [0.5, 0.6) is 5.75 Å². The predicted molar refractivity (Wildman–Crippen MR) is 96.0 cm³/mol. The SMILES string of the molecule is CCOc1ccc(NC(=O)c2cc(S(=O)(=O)NC)ccc2Br)cc1. The van der Waals surface area contributed by atoms with Crippen molar-refractivity contribution in [1.29, 1.82) is 0 Å². The van der Waals surface area contributed by atoms with Gasteiger partial charge in [-0.15, -0.1) is 0 Å². The Balaban J connectivity index is 2.24. The molecular weight excluding hydrogens is 396 g/mol. The number of ether oxygens (including phenoxy) is 1. The monoisotopic (exact) mass is 412 g/mol. The molecule has 0 aliphatic heterocycles. The minimum absolute atomic E-state index is 0.0186. The highest BCUT2D eigenvalue weighted by atomic mass is 79.9. The molecule has 2 aromatic carbocycles. The number of amides is 1. The third kappa shape index (κ3) is 4.34. The van der Waals surface area contributed by atoms with E-state index in [2.05, 4.69) is 26.0 Å². The van der Waals surface area contributed by atoms with E-state index >= 15 is 0 Å². The molecular formula is C16H17BrN2O4S. The van der Waals surface area contributed by atoms with Gasteiger partial charge in [0.2, 0.25) is 10.0 Å². The molecule has 0 aliphatic rings. The van der Waals surface area contributed by atoms with Crippen LogP contribution in [0.15, 0.2) is 51.8 Å². The van der Waals surface area contributed by atoms with Gasteiger partial charge in [0.05, 0.1) is 17.1 Å². The smallest absolute Gasteiger partial charge is 0.256 e. The van der Waals surface area contributed by atoms with Crippen LogP contribution in [-0.2, 0) is 10.0 Å². The van der Waals surface area contributed by atoms with Crippen LogP contribution in [0.2, 0.25) is 0 Å². The molecule has 128 valence electrons. The molecule has 0 spiro atoms. The number of anilines is 1. The van der Waals surface area contributed by atoms with E-state index in [1.165, 1.54) is 25.2 Å². The van der Waals surface area contributed by atoms with Crippen molar-refractivity contribution in [3.63, 3.8) is 0 Å². The molecule has 1 amide bonds. The van der Waals surface area contributed by atoms with Crippen molar-refractivity contribution in [3.05, 3.63) is 52.5 Å². The first-order valence-electron chi connectivity index (χ1n) is 7.14. The fraction of sp³-hybridized carbons (Fsp3) is 0.188. The summed E-state index contributed by atoms with van der Waals surface area (Å²) in [6.45, 7) is 2.45. The molecule has 0 bridgehead atoms. The second-order valence-electron chi connectivity index (χ2n) is 4.76. The highest BCUT2D eigenvalue weighted by Crippen LogP contribution is 2.23. The Hall–Kier alpha value is -1.90. The number of hydrogen-bond donors (Lipinski definition) is 2. The summed E-state index contributed by atoms with van der Waals surface area (Å²) >= 11 is 3.27. The van der Waals surface area contributed by atoms with Crippen LogP contribution in [-0.4, -0.2) is 28.0 Å². The van der Waals surface area contributed by atoms with Crippen LogP contribution in [0, 0.1) is 0 Å². The lowest BCUT2D eigenvalue weighted by Gasteiger charge is -2.10. The number of halogens is 1. The van der Waals surface area contributed by atoms with Gasteiger partial charge in [-0.1, -0.05) is 0 Å². The van der Waals surface area contributed by atoms with E-state index < -0.39 is 15.9 Å². The summed E-state index contributed by atoms with van der Waals surface area (Å²) in [5.74, 6) is 0.290. The third-order valence-electron chi connectivity index (χ3n) is 3.18. The molecule has 0 aromatic heterocycles. The van der Waals surface area contributed by atoms with Gasteiger partial charge < -0.3 is 10.1 Å². The highest BCUT2D eigenvalue weighted by Gasteiger charge is 2.17. The van der Waals surface area contributed by atoms with Crippen molar-refractivity contribution in [2.75, 3.05) is 19.0 Å². The number of benzene rings is 2. The molecule has 0 saturated carbocycles. The summed E-state index contributed by atoms with van der Waals surface area (Å²) in [5, 5.41) is 2.73. The lowest BCUT2D eigenvalue weighted by molar-refractivity contribution is 0.102. The van der Waals surface area contributed by atoms with Gasteiger partial charge >= 0.3 is 0 Å². The minimum atomic E-state index is -3.62. The number of carbonyl (C=O) groups is 1. The normalized spacial score (nSPS) is 11.1. The number of rotatable bonds is 6. The lowest BCUT2D eigenvalue weighted by atomic mass is 10.2. The molecule has 0 atom stereocenters. The standard InChI is InChI=1S/C16H17BrN2O4S/c1-3-23-12-6-4-11(5-7-12)19-16(20)14-10-13(8-9-15(14)17)24(21,22)18-2/h4-10,18H,3H2,1-2H3,(H,19,20). The van der Waals surface area contributed by atoms with E-state index in [1.54, 1.807) is 24.3 Å². The second kappa shape index (κ2) is 7.78. The average Bonchev–Trinajstić information content (AvgIpc) is 2.57. The summed E-state index contributed by atoms with van der Waals surface area (Å²) in [6.07, 6.45) is 0. The van der Waals surface area contributed by atoms with Crippen molar-refractivity contribution in [2.45, 2.75) is 11.8 Å². The van der Waals surface area contributed by atoms with Crippen LogP contribution >= 0.6 is 15.9 Å². The van der Waals surface area contributed by atoms with E-state index in [0.29, 0.717) is 22.5 Å². The first kappa shape index (κ1) is 18.4. The molecule has 0 saturated heterocycles. The maximum Gasteiger partial charge on any atom is 0.256 e. The quantitative estimate of drug-likeness (QED) is 0.763. The zero-order chi connectivity index (χ0) is 17.7. The van der Waals surface area contributed by atoms with Crippen molar-refractivity contribution in [2.24, 2.45) is 0 Å². The summed E-state index contributed by atoms with van der Waals surface area (Å²) in [7, 11) is -2.31. The molecule has 2 rings (SSSR count). The topological polar surface area (TPSA) is 84.5 Å². The lowest BCUT2D eigenvalue weighted by Crippen LogP contribution is -2.20. The zero-order valence-electron chi connectivity index (χ0n) is 13.2. The van der Waals surface area contributed by atoms with E-state index in [9.17, 15) is 13.2 Å². The Bertz CT molecular complexity index is 836. The molecule has 2 aromatic rings. The van der Waals surface area contributed by atoms with Crippen molar-refractivity contribution in [1.82, 2.24) is 4.72 Å².